The second-order valence-corrected chi connectivity index (χ2v) is 5.96. The minimum atomic E-state index is -0.230. The van der Waals surface area contributed by atoms with E-state index in [4.69, 9.17) is 5.11 Å². The van der Waals surface area contributed by atoms with Crippen molar-refractivity contribution in [2.75, 3.05) is 24.7 Å². The van der Waals surface area contributed by atoms with Crippen LogP contribution in [0.3, 0.4) is 0 Å². The van der Waals surface area contributed by atoms with E-state index >= 15 is 0 Å². The lowest BCUT2D eigenvalue weighted by atomic mass is 10.3. The maximum absolute atomic E-state index is 11.8. The zero-order valence-electron chi connectivity index (χ0n) is 10.5. The first-order chi connectivity index (χ1) is 8.60. The first kappa shape index (κ1) is 15.5. The summed E-state index contributed by atoms with van der Waals surface area (Å²) >= 11 is 5.08. The summed E-state index contributed by atoms with van der Waals surface area (Å²) in [4.78, 5) is 11.8. The summed E-state index contributed by atoms with van der Waals surface area (Å²) in [6, 6.07) is 0. The number of aromatic nitrogens is 2. The monoisotopic (exact) mass is 335 g/mol. The van der Waals surface area contributed by atoms with Crippen LogP contribution in [0.5, 0.6) is 0 Å². The molecule has 1 aromatic heterocycles. The highest BCUT2D eigenvalue weighted by Crippen LogP contribution is 2.17. The molecule has 1 unspecified atom stereocenters. The first-order valence-electron chi connectivity index (χ1n) is 5.73. The summed E-state index contributed by atoms with van der Waals surface area (Å²) in [5.74, 6) is 0. The molecule has 1 rings (SSSR count). The normalized spacial score (nSPS) is 12.4. The largest absolute Gasteiger partial charge is 0.394 e. The Morgan fingerprint density at radius 2 is 2.39 bits per heavy atom. The van der Waals surface area contributed by atoms with Gasteiger partial charge in [-0.3, -0.25) is 4.79 Å². The smallest absolute Gasteiger partial charge is 0.283 e. The van der Waals surface area contributed by atoms with Crippen LogP contribution in [0.15, 0.2) is 15.5 Å². The van der Waals surface area contributed by atoms with Crippen molar-refractivity contribution in [3.8, 4) is 0 Å². The molecular formula is C11H18BrN3O2S. The lowest BCUT2D eigenvalue weighted by molar-refractivity contribution is 0.266. The van der Waals surface area contributed by atoms with E-state index in [9.17, 15) is 4.79 Å². The summed E-state index contributed by atoms with van der Waals surface area (Å²) in [5, 5.41) is 16.6. The molecule has 0 aromatic carbocycles. The fourth-order valence-corrected chi connectivity index (χ4v) is 2.17. The third-order valence-corrected chi connectivity index (χ3v) is 4.37. The molecule has 0 aliphatic rings. The van der Waals surface area contributed by atoms with Gasteiger partial charge in [0.2, 0.25) is 0 Å². The maximum Gasteiger partial charge on any atom is 0.283 e. The van der Waals surface area contributed by atoms with Gasteiger partial charge in [-0.1, -0.05) is 6.92 Å². The van der Waals surface area contributed by atoms with Gasteiger partial charge in [0, 0.05) is 11.8 Å². The summed E-state index contributed by atoms with van der Waals surface area (Å²) in [5.41, 5.74) is 0.467. The molecule has 7 heteroatoms. The summed E-state index contributed by atoms with van der Waals surface area (Å²) in [7, 11) is 0. The van der Waals surface area contributed by atoms with E-state index in [2.05, 4.69) is 39.5 Å². The number of hydrogen-bond donors (Lipinski definition) is 2. The van der Waals surface area contributed by atoms with Gasteiger partial charge in [0.15, 0.2) is 0 Å². The van der Waals surface area contributed by atoms with Crippen LogP contribution >= 0.6 is 27.7 Å². The molecule has 2 N–H and O–H groups in total. The first-order valence-corrected chi connectivity index (χ1v) is 7.81. The van der Waals surface area contributed by atoms with Crippen molar-refractivity contribution in [2.45, 2.75) is 25.1 Å². The van der Waals surface area contributed by atoms with E-state index in [1.807, 2.05) is 11.8 Å². The predicted octanol–water partition coefficient (Wildman–Crippen LogP) is 1.55. The molecule has 0 amide bonds. The second-order valence-electron chi connectivity index (χ2n) is 3.89. The average molecular weight is 336 g/mol. The zero-order valence-corrected chi connectivity index (χ0v) is 12.9. The van der Waals surface area contributed by atoms with E-state index in [1.165, 1.54) is 4.68 Å². The van der Waals surface area contributed by atoms with Crippen LogP contribution in [-0.2, 0) is 6.54 Å². The van der Waals surface area contributed by atoms with E-state index in [-0.39, 0.29) is 18.7 Å². The zero-order chi connectivity index (χ0) is 13.5. The third-order valence-electron chi connectivity index (χ3n) is 2.57. The number of hydrogen-bond acceptors (Lipinski definition) is 5. The Morgan fingerprint density at radius 1 is 1.67 bits per heavy atom. The molecule has 0 bridgehead atoms. The van der Waals surface area contributed by atoms with Gasteiger partial charge >= 0.3 is 0 Å². The van der Waals surface area contributed by atoms with Crippen LogP contribution in [0.2, 0.25) is 0 Å². The van der Waals surface area contributed by atoms with Gasteiger partial charge in [0.05, 0.1) is 25.0 Å². The average Bonchev–Trinajstić information content (AvgIpc) is 2.37. The van der Waals surface area contributed by atoms with Crippen LogP contribution in [0.25, 0.3) is 0 Å². The van der Waals surface area contributed by atoms with Crippen LogP contribution in [-0.4, -0.2) is 39.5 Å². The van der Waals surface area contributed by atoms with Crippen molar-refractivity contribution < 1.29 is 5.11 Å². The molecule has 0 aliphatic carbocycles. The summed E-state index contributed by atoms with van der Waals surface area (Å²) in [6.45, 7) is 3.07. The van der Waals surface area contributed by atoms with Gasteiger partial charge in [-0.2, -0.15) is 16.9 Å². The number of aliphatic hydroxyl groups is 1. The minimum absolute atomic E-state index is 0.0998. The van der Waals surface area contributed by atoms with Crippen molar-refractivity contribution in [2.24, 2.45) is 0 Å². The molecule has 0 aliphatic heterocycles. The van der Waals surface area contributed by atoms with Crippen molar-refractivity contribution in [3.05, 3.63) is 21.0 Å². The van der Waals surface area contributed by atoms with Gasteiger partial charge in [-0.15, -0.1) is 0 Å². The Labute approximate surface area is 119 Å². The minimum Gasteiger partial charge on any atom is -0.394 e. The van der Waals surface area contributed by atoms with Crippen molar-refractivity contribution >= 4 is 33.4 Å². The number of thioether (sulfide) groups is 1. The number of nitrogens with one attached hydrogen (secondary N) is 1. The SMILES string of the molecule is CSC(C)CCNc1cnn(CCO)c(=O)c1Br. The molecule has 0 saturated heterocycles. The van der Waals surface area contributed by atoms with E-state index in [0.29, 0.717) is 15.4 Å². The molecular weight excluding hydrogens is 318 g/mol. The topological polar surface area (TPSA) is 67.2 Å². The number of nitrogens with zero attached hydrogens (tertiary/aromatic N) is 2. The summed E-state index contributed by atoms with van der Waals surface area (Å²) < 4.78 is 1.70. The Balaban J connectivity index is 2.68. The van der Waals surface area contributed by atoms with E-state index < -0.39 is 0 Å². The number of aliphatic hydroxyl groups excluding tert-OH is 1. The maximum atomic E-state index is 11.8. The lowest BCUT2D eigenvalue weighted by Crippen LogP contribution is -2.26. The molecule has 18 heavy (non-hydrogen) atoms. The Morgan fingerprint density at radius 3 is 3.00 bits per heavy atom. The molecule has 5 nitrogen and oxygen atoms in total. The fourth-order valence-electron chi connectivity index (χ4n) is 1.37. The Bertz CT molecular complexity index is 439. The van der Waals surface area contributed by atoms with Gasteiger partial charge in [0.1, 0.15) is 4.47 Å². The fraction of sp³-hybridized carbons (Fsp3) is 0.636. The van der Waals surface area contributed by atoms with Crippen LogP contribution in [0.4, 0.5) is 5.69 Å². The third kappa shape index (κ3) is 4.29. The second kappa shape index (κ2) is 7.81. The van der Waals surface area contributed by atoms with Crippen LogP contribution in [0, 0.1) is 0 Å². The highest BCUT2D eigenvalue weighted by molar-refractivity contribution is 9.10. The van der Waals surface area contributed by atoms with Gasteiger partial charge in [0.25, 0.3) is 5.56 Å². The standard InChI is InChI=1S/C11H18BrN3O2S/c1-8(18-2)3-4-13-9-7-14-15(5-6-16)11(17)10(9)12/h7-8,13,16H,3-6H2,1-2H3. The molecule has 1 aromatic rings. The van der Waals surface area contributed by atoms with Gasteiger partial charge in [-0.05, 0) is 28.6 Å². The molecule has 0 radical (unpaired) electrons. The van der Waals surface area contributed by atoms with Gasteiger partial charge in [-0.25, -0.2) is 4.68 Å². The Kier molecular flexibility index (Phi) is 6.73. The highest BCUT2D eigenvalue weighted by atomic mass is 79.9. The molecule has 102 valence electrons. The summed E-state index contributed by atoms with van der Waals surface area (Å²) in [6.07, 6.45) is 4.70. The molecule has 0 fully saturated rings. The van der Waals surface area contributed by atoms with Crippen molar-refractivity contribution in [1.29, 1.82) is 0 Å². The molecule has 0 saturated carbocycles. The van der Waals surface area contributed by atoms with Crippen molar-refractivity contribution in [1.82, 2.24) is 9.78 Å². The van der Waals surface area contributed by atoms with Crippen molar-refractivity contribution in [3.63, 3.8) is 0 Å². The van der Waals surface area contributed by atoms with E-state index in [0.717, 1.165) is 13.0 Å². The van der Waals surface area contributed by atoms with Crippen LogP contribution in [0.1, 0.15) is 13.3 Å². The van der Waals surface area contributed by atoms with E-state index in [1.54, 1.807) is 6.20 Å². The molecule has 0 spiro atoms. The quantitative estimate of drug-likeness (QED) is 0.791. The predicted molar refractivity (Wildman–Crippen MR) is 79.4 cm³/mol. The molecule has 1 atom stereocenters. The lowest BCUT2D eigenvalue weighted by Gasteiger charge is -2.12. The van der Waals surface area contributed by atoms with Gasteiger partial charge < -0.3 is 10.4 Å². The van der Waals surface area contributed by atoms with Crippen LogP contribution < -0.4 is 10.9 Å². The Hall–Kier alpha value is -0.530. The number of halogens is 1. The highest BCUT2D eigenvalue weighted by Gasteiger charge is 2.08. The number of anilines is 1. The molecule has 1 heterocycles. The number of rotatable bonds is 7.